The molecule has 3 nitrogen and oxygen atoms in total. The smallest absolute Gasteiger partial charge is 0.119 e. The summed E-state index contributed by atoms with van der Waals surface area (Å²) in [7, 11) is 0. The third kappa shape index (κ3) is 5.68. The van der Waals surface area contributed by atoms with Gasteiger partial charge in [-0.15, -0.1) is 0 Å². The summed E-state index contributed by atoms with van der Waals surface area (Å²) in [5.41, 5.74) is 1.34. The predicted molar refractivity (Wildman–Crippen MR) is 88.8 cm³/mol. The first-order valence-electron chi connectivity index (χ1n) is 8.38. The maximum absolute atomic E-state index is 5.67. The van der Waals surface area contributed by atoms with Gasteiger partial charge in [-0.1, -0.05) is 19.1 Å². The van der Waals surface area contributed by atoms with E-state index in [1.165, 1.54) is 44.5 Å². The molecule has 2 rings (SSSR count). The zero-order valence-electron chi connectivity index (χ0n) is 13.8. The van der Waals surface area contributed by atoms with Crippen molar-refractivity contribution in [2.75, 3.05) is 19.6 Å². The third-order valence-electron chi connectivity index (χ3n) is 4.02. The molecule has 1 heterocycles. The first-order valence-corrected chi connectivity index (χ1v) is 8.38. The van der Waals surface area contributed by atoms with Crippen molar-refractivity contribution in [2.24, 2.45) is 0 Å². The second-order valence-corrected chi connectivity index (χ2v) is 6.31. The molecule has 118 valence electrons. The van der Waals surface area contributed by atoms with Gasteiger partial charge in [0.05, 0.1) is 6.10 Å². The number of hydrogen-bond acceptors (Lipinski definition) is 3. The minimum Gasteiger partial charge on any atom is -0.491 e. The number of nitrogens with zero attached hydrogens (tertiary/aromatic N) is 1. The van der Waals surface area contributed by atoms with Crippen LogP contribution in [-0.4, -0.2) is 36.7 Å². The second-order valence-electron chi connectivity index (χ2n) is 6.31. The average Bonchev–Trinajstić information content (AvgIpc) is 2.48. The average molecular weight is 290 g/mol. The first-order chi connectivity index (χ1) is 10.2. The fourth-order valence-electron chi connectivity index (χ4n) is 2.90. The standard InChI is InChI=1S/C18H30N2O/c1-4-11-20-12-9-17(10-13-20)19-14-16-5-7-18(8-6-16)21-15(2)3/h5-8,15,17,19H,4,9-14H2,1-3H3. The lowest BCUT2D eigenvalue weighted by molar-refractivity contribution is 0.197. The second kappa shape index (κ2) is 8.40. The van der Waals surface area contributed by atoms with E-state index in [0.29, 0.717) is 6.04 Å². The lowest BCUT2D eigenvalue weighted by atomic mass is 10.0. The molecule has 0 spiro atoms. The highest BCUT2D eigenvalue weighted by molar-refractivity contribution is 5.27. The van der Waals surface area contributed by atoms with Crippen LogP contribution >= 0.6 is 0 Å². The van der Waals surface area contributed by atoms with Crippen molar-refractivity contribution in [1.29, 1.82) is 0 Å². The Hall–Kier alpha value is -1.06. The Balaban J connectivity index is 1.71. The summed E-state index contributed by atoms with van der Waals surface area (Å²) in [6, 6.07) is 9.14. The van der Waals surface area contributed by atoms with Crippen LogP contribution in [0.25, 0.3) is 0 Å². The summed E-state index contributed by atoms with van der Waals surface area (Å²) in [6.07, 6.45) is 4.05. The van der Waals surface area contributed by atoms with E-state index in [2.05, 4.69) is 55.3 Å². The van der Waals surface area contributed by atoms with Crippen LogP contribution in [0.3, 0.4) is 0 Å². The number of hydrogen-bond donors (Lipinski definition) is 1. The molecule has 1 N–H and O–H groups in total. The largest absolute Gasteiger partial charge is 0.491 e. The van der Waals surface area contributed by atoms with Gasteiger partial charge in [-0.2, -0.15) is 0 Å². The minimum absolute atomic E-state index is 0.238. The van der Waals surface area contributed by atoms with Crippen LogP contribution in [0.15, 0.2) is 24.3 Å². The highest BCUT2D eigenvalue weighted by Crippen LogP contribution is 2.15. The summed E-state index contributed by atoms with van der Waals surface area (Å²) >= 11 is 0. The van der Waals surface area contributed by atoms with E-state index in [4.69, 9.17) is 4.74 Å². The van der Waals surface area contributed by atoms with Crippen LogP contribution in [0.4, 0.5) is 0 Å². The number of benzene rings is 1. The Morgan fingerprint density at radius 3 is 2.43 bits per heavy atom. The summed E-state index contributed by atoms with van der Waals surface area (Å²) < 4.78 is 5.67. The van der Waals surface area contributed by atoms with Crippen molar-refractivity contribution in [3.05, 3.63) is 29.8 Å². The van der Waals surface area contributed by atoms with E-state index < -0.39 is 0 Å². The molecule has 1 aliphatic rings. The Morgan fingerprint density at radius 1 is 1.19 bits per heavy atom. The highest BCUT2D eigenvalue weighted by Gasteiger charge is 2.17. The Kier molecular flexibility index (Phi) is 6.52. The van der Waals surface area contributed by atoms with Crippen molar-refractivity contribution in [3.63, 3.8) is 0 Å². The molecule has 1 aliphatic heterocycles. The molecule has 0 aromatic heterocycles. The number of ether oxygens (including phenoxy) is 1. The lowest BCUT2D eigenvalue weighted by Gasteiger charge is -2.32. The maximum Gasteiger partial charge on any atom is 0.119 e. The summed E-state index contributed by atoms with van der Waals surface area (Å²) in [5, 5.41) is 3.69. The maximum atomic E-state index is 5.67. The summed E-state index contributed by atoms with van der Waals surface area (Å²) in [6.45, 7) is 11.1. The Morgan fingerprint density at radius 2 is 1.86 bits per heavy atom. The van der Waals surface area contributed by atoms with Crippen molar-refractivity contribution >= 4 is 0 Å². The van der Waals surface area contributed by atoms with Gasteiger partial charge in [0.15, 0.2) is 0 Å². The Labute approximate surface area is 129 Å². The minimum atomic E-state index is 0.238. The fourth-order valence-corrected chi connectivity index (χ4v) is 2.90. The van der Waals surface area contributed by atoms with Gasteiger partial charge in [-0.05, 0) is 70.4 Å². The Bertz CT molecular complexity index is 394. The van der Waals surface area contributed by atoms with E-state index in [9.17, 15) is 0 Å². The van der Waals surface area contributed by atoms with Crippen LogP contribution in [0.5, 0.6) is 5.75 Å². The fraction of sp³-hybridized carbons (Fsp3) is 0.667. The van der Waals surface area contributed by atoms with Crippen molar-refractivity contribution in [3.8, 4) is 5.75 Å². The molecule has 0 unspecified atom stereocenters. The molecule has 0 amide bonds. The van der Waals surface area contributed by atoms with E-state index in [1.807, 2.05) is 0 Å². The molecule has 0 saturated carbocycles. The van der Waals surface area contributed by atoms with Gasteiger partial charge < -0.3 is 15.0 Å². The zero-order valence-corrected chi connectivity index (χ0v) is 13.8. The number of rotatable bonds is 7. The number of nitrogens with one attached hydrogen (secondary N) is 1. The molecule has 0 atom stereocenters. The van der Waals surface area contributed by atoms with Crippen LogP contribution in [0.1, 0.15) is 45.6 Å². The van der Waals surface area contributed by atoms with Gasteiger partial charge in [0, 0.05) is 12.6 Å². The van der Waals surface area contributed by atoms with Gasteiger partial charge in [0.2, 0.25) is 0 Å². The topological polar surface area (TPSA) is 24.5 Å². The molecular weight excluding hydrogens is 260 g/mol. The van der Waals surface area contributed by atoms with E-state index in [0.717, 1.165) is 12.3 Å². The van der Waals surface area contributed by atoms with Crippen molar-refractivity contribution in [2.45, 2.75) is 58.7 Å². The highest BCUT2D eigenvalue weighted by atomic mass is 16.5. The molecule has 0 aliphatic carbocycles. The molecule has 1 aromatic carbocycles. The van der Waals surface area contributed by atoms with Crippen molar-refractivity contribution in [1.82, 2.24) is 10.2 Å². The molecule has 0 radical (unpaired) electrons. The molecule has 1 saturated heterocycles. The number of piperidine rings is 1. The summed E-state index contributed by atoms with van der Waals surface area (Å²) in [5.74, 6) is 0.960. The lowest BCUT2D eigenvalue weighted by Crippen LogP contribution is -2.42. The van der Waals surface area contributed by atoms with Crippen LogP contribution < -0.4 is 10.1 Å². The van der Waals surface area contributed by atoms with Crippen molar-refractivity contribution < 1.29 is 4.74 Å². The first kappa shape index (κ1) is 16.3. The van der Waals surface area contributed by atoms with E-state index in [-0.39, 0.29) is 6.10 Å². The van der Waals surface area contributed by atoms with Gasteiger partial charge in [-0.3, -0.25) is 0 Å². The van der Waals surface area contributed by atoms with Crippen LogP contribution in [0, 0.1) is 0 Å². The molecule has 21 heavy (non-hydrogen) atoms. The molecule has 3 heteroatoms. The molecule has 1 fully saturated rings. The van der Waals surface area contributed by atoms with Crippen LogP contribution in [-0.2, 0) is 6.54 Å². The van der Waals surface area contributed by atoms with Gasteiger partial charge in [-0.25, -0.2) is 0 Å². The molecular formula is C18H30N2O. The van der Waals surface area contributed by atoms with E-state index >= 15 is 0 Å². The molecule has 0 bridgehead atoms. The van der Waals surface area contributed by atoms with E-state index in [1.54, 1.807) is 0 Å². The SMILES string of the molecule is CCCN1CCC(NCc2ccc(OC(C)C)cc2)CC1. The normalized spacial score (nSPS) is 17.3. The third-order valence-corrected chi connectivity index (χ3v) is 4.02. The predicted octanol–water partition coefficient (Wildman–Crippen LogP) is 3.44. The monoisotopic (exact) mass is 290 g/mol. The van der Waals surface area contributed by atoms with Gasteiger partial charge in [0.25, 0.3) is 0 Å². The quantitative estimate of drug-likeness (QED) is 0.832. The van der Waals surface area contributed by atoms with Crippen LogP contribution in [0.2, 0.25) is 0 Å². The van der Waals surface area contributed by atoms with Gasteiger partial charge >= 0.3 is 0 Å². The zero-order chi connectivity index (χ0) is 15.1. The van der Waals surface area contributed by atoms with Gasteiger partial charge in [0.1, 0.15) is 5.75 Å². The summed E-state index contributed by atoms with van der Waals surface area (Å²) in [4.78, 5) is 2.58. The number of likely N-dealkylation sites (tertiary alicyclic amines) is 1. The molecule has 1 aromatic rings.